The lowest BCUT2D eigenvalue weighted by Gasteiger charge is -2.09. The molecule has 0 saturated carbocycles. The third kappa shape index (κ3) is 4.22. The van der Waals surface area contributed by atoms with Crippen LogP contribution >= 0.6 is 11.3 Å². The molecule has 0 aliphatic carbocycles. The van der Waals surface area contributed by atoms with Gasteiger partial charge in [-0.05, 0) is 54.8 Å². The first-order valence-corrected chi connectivity index (χ1v) is 10.6. The van der Waals surface area contributed by atoms with Crippen LogP contribution in [0.25, 0.3) is 0 Å². The molecule has 1 unspecified atom stereocenters. The second-order valence-corrected chi connectivity index (χ2v) is 9.15. The van der Waals surface area contributed by atoms with Crippen molar-refractivity contribution in [1.82, 2.24) is 4.72 Å². The van der Waals surface area contributed by atoms with E-state index < -0.39 is 16.1 Å². The van der Waals surface area contributed by atoms with E-state index >= 15 is 0 Å². The molecule has 0 saturated heterocycles. The largest absolute Gasteiger partial charge is 0.383 e. The summed E-state index contributed by atoms with van der Waals surface area (Å²) in [6.07, 6.45) is -0.702. The van der Waals surface area contributed by atoms with Crippen LogP contribution in [0.4, 0.5) is 0 Å². The van der Waals surface area contributed by atoms with E-state index in [4.69, 9.17) is 0 Å². The number of rotatable bonds is 6. The van der Waals surface area contributed by atoms with Crippen LogP contribution in [0, 0.1) is 13.8 Å². The predicted octanol–water partition coefficient (Wildman–Crippen LogP) is 3.93. The topological polar surface area (TPSA) is 66.4 Å². The highest BCUT2D eigenvalue weighted by Gasteiger charge is 2.16. The summed E-state index contributed by atoms with van der Waals surface area (Å²) in [6.45, 7) is 4.04. The van der Waals surface area contributed by atoms with Gasteiger partial charge in [-0.1, -0.05) is 36.4 Å². The van der Waals surface area contributed by atoms with Crippen LogP contribution in [0.1, 0.15) is 32.5 Å². The maximum Gasteiger partial charge on any atom is 0.240 e. The zero-order valence-corrected chi connectivity index (χ0v) is 16.3. The quantitative estimate of drug-likeness (QED) is 0.674. The highest BCUT2D eigenvalue weighted by atomic mass is 32.2. The molecule has 1 aromatic heterocycles. The van der Waals surface area contributed by atoms with Gasteiger partial charge >= 0.3 is 0 Å². The van der Waals surface area contributed by atoms with Crippen molar-refractivity contribution in [3.63, 3.8) is 0 Å². The van der Waals surface area contributed by atoms with Gasteiger partial charge in [0, 0.05) is 16.3 Å². The van der Waals surface area contributed by atoms with Crippen molar-refractivity contribution in [3.05, 3.63) is 87.1 Å². The summed E-state index contributed by atoms with van der Waals surface area (Å²) in [5, 5.41) is 10.4. The fourth-order valence-electron chi connectivity index (χ4n) is 2.57. The van der Waals surface area contributed by atoms with Crippen LogP contribution in [0.5, 0.6) is 0 Å². The number of nitrogens with one attached hydrogen (secondary N) is 1. The van der Waals surface area contributed by atoms with Gasteiger partial charge in [-0.15, -0.1) is 11.3 Å². The maximum absolute atomic E-state index is 12.5. The zero-order chi connectivity index (χ0) is 18.7. The summed E-state index contributed by atoms with van der Waals surface area (Å²) in [4.78, 5) is 1.90. The van der Waals surface area contributed by atoms with Crippen molar-refractivity contribution in [2.45, 2.75) is 31.4 Å². The SMILES string of the molecule is Cc1ccc(S(=O)(=O)NCc2ccc(C(O)c3ccccc3)s2)cc1C. The lowest BCUT2D eigenvalue weighted by Crippen LogP contribution is -2.22. The lowest BCUT2D eigenvalue weighted by atomic mass is 10.1. The van der Waals surface area contributed by atoms with Crippen LogP contribution < -0.4 is 4.72 Å². The molecule has 0 aliphatic rings. The second-order valence-electron chi connectivity index (χ2n) is 6.19. The number of thiophene rings is 1. The van der Waals surface area contributed by atoms with Gasteiger partial charge < -0.3 is 5.11 Å². The Labute approximate surface area is 158 Å². The molecule has 0 bridgehead atoms. The average Bonchev–Trinajstić information content (AvgIpc) is 3.11. The third-order valence-corrected chi connectivity index (χ3v) is 6.83. The smallest absolute Gasteiger partial charge is 0.240 e. The van der Waals surface area contributed by atoms with Crippen molar-refractivity contribution in [2.24, 2.45) is 0 Å². The van der Waals surface area contributed by atoms with Crippen LogP contribution in [0.3, 0.4) is 0 Å². The molecule has 0 radical (unpaired) electrons. The fourth-order valence-corrected chi connectivity index (χ4v) is 4.72. The first-order chi connectivity index (χ1) is 12.4. The second kappa shape index (κ2) is 7.72. The predicted molar refractivity (Wildman–Crippen MR) is 105 cm³/mol. The third-order valence-electron chi connectivity index (χ3n) is 4.29. The molecular formula is C20H21NO3S2. The van der Waals surface area contributed by atoms with E-state index in [0.29, 0.717) is 0 Å². The molecule has 0 aliphatic heterocycles. The number of benzene rings is 2. The Kier molecular flexibility index (Phi) is 5.58. The number of aliphatic hydroxyl groups is 1. The monoisotopic (exact) mass is 387 g/mol. The summed E-state index contributed by atoms with van der Waals surface area (Å²) in [6, 6.07) is 18.2. The molecule has 3 aromatic rings. The zero-order valence-electron chi connectivity index (χ0n) is 14.6. The Balaban J connectivity index is 1.70. The summed E-state index contributed by atoms with van der Waals surface area (Å²) < 4.78 is 27.6. The Bertz CT molecular complexity index is 995. The molecule has 4 nitrogen and oxygen atoms in total. The van der Waals surface area contributed by atoms with Crippen molar-refractivity contribution in [3.8, 4) is 0 Å². The number of aliphatic hydroxyl groups excluding tert-OH is 1. The van der Waals surface area contributed by atoms with Gasteiger partial charge in [0.15, 0.2) is 0 Å². The molecule has 2 N–H and O–H groups in total. The fraction of sp³-hybridized carbons (Fsp3) is 0.200. The van der Waals surface area contributed by atoms with E-state index in [1.54, 1.807) is 12.1 Å². The van der Waals surface area contributed by atoms with Gasteiger partial charge in [-0.2, -0.15) is 0 Å². The normalized spacial score (nSPS) is 12.9. The molecular weight excluding hydrogens is 366 g/mol. The van der Waals surface area contributed by atoms with Gasteiger partial charge in [0.05, 0.1) is 4.90 Å². The number of hydrogen-bond donors (Lipinski definition) is 2. The molecule has 0 spiro atoms. The number of hydrogen-bond acceptors (Lipinski definition) is 4. The van der Waals surface area contributed by atoms with Crippen molar-refractivity contribution >= 4 is 21.4 Å². The molecule has 1 heterocycles. The minimum absolute atomic E-state index is 0.196. The molecule has 1 atom stereocenters. The van der Waals surface area contributed by atoms with E-state index in [1.165, 1.54) is 11.3 Å². The summed E-state index contributed by atoms with van der Waals surface area (Å²) in [7, 11) is -3.57. The van der Waals surface area contributed by atoms with E-state index in [9.17, 15) is 13.5 Å². The van der Waals surface area contributed by atoms with Crippen LogP contribution in [0.2, 0.25) is 0 Å². The van der Waals surface area contributed by atoms with Crippen molar-refractivity contribution in [1.29, 1.82) is 0 Å². The Morgan fingerprint density at radius 1 is 1.00 bits per heavy atom. The Morgan fingerprint density at radius 3 is 2.42 bits per heavy atom. The summed E-state index contributed by atoms with van der Waals surface area (Å²) in [5.41, 5.74) is 2.82. The Hall–Kier alpha value is -1.99. The molecule has 3 rings (SSSR count). The first-order valence-electron chi connectivity index (χ1n) is 8.25. The standard InChI is InChI=1S/C20H21NO3S2/c1-14-8-10-18(12-15(14)2)26(23,24)21-13-17-9-11-19(25-17)20(22)16-6-4-3-5-7-16/h3-12,20-22H,13H2,1-2H3. The summed E-state index contributed by atoms with van der Waals surface area (Å²) >= 11 is 1.40. The molecule has 0 fully saturated rings. The highest BCUT2D eigenvalue weighted by Crippen LogP contribution is 2.28. The molecule has 26 heavy (non-hydrogen) atoms. The summed E-state index contributed by atoms with van der Waals surface area (Å²) in [5.74, 6) is 0. The molecule has 0 amide bonds. The van der Waals surface area contributed by atoms with Gasteiger partial charge in [-0.25, -0.2) is 13.1 Å². The van der Waals surface area contributed by atoms with E-state index in [2.05, 4.69) is 4.72 Å². The van der Waals surface area contributed by atoms with E-state index in [0.717, 1.165) is 26.4 Å². The van der Waals surface area contributed by atoms with Gasteiger partial charge in [0.25, 0.3) is 0 Å². The number of aryl methyl sites for hydroxylation is 2. The maximum atomic E-state index is 12.5. The highest BCUT2D eigenvalue weighted by molar-refractivity contribution is 7.89. The van der Waals surface area contributed by atoms with Gasteiger partial charge in [0.1, 0.15) is 6.10 Å². The van der Waals surface area contributed by atoms with Crippen molar-refractivity contribution < 1.29 is 13.5 Å². The van der Waals surface area contributed by atoms with Crippen LogP contribution in [-0.4, -0.2) is 13.5 Å². The Morgan fingerprint density at radius 2 is 1.73 bits per heavy atom. The van der Waals surface area contributed by atoms with Gasteiger partial charge in [-0.3, -0.25) is 0 Å². The van der Waals surface area contributed by atoms with Crippen molar-refractivity contribution in [2.75, 3.05) is 0 Å². The van der Waals surface area contributed by atoms with E-state index in [1.807, 2.05) is 62.4 Å². The first kappa shape index (κ1) is 18.8. The number of sulfonamides is 1. The van der Waals surface area contributed by atoms with Crippen LogP contribution in [-0.2, 0) is 16.6 Å². The van der Waals surface area contributed by atoms with E-state index in [-0.39, 0.29) is 11.4 Å². The minimum atomic E-state index is -3.57. The molecule has 136 valence electrons. The van der Waals surface area contributed by atoms with Gasteiger partial charge in [0.2, 0.25) is 10.0 Å². The average molecular weight is 388 g/mol. The molecule has 2 aromatic carbocycles. The lowest BCUT2D eigenvalue weighted by molar-refractivity contribution is 0.224. The minimum Gasteiger partial charge on any atom is -0.383 e. The molecule has 6 heteroatoms. The van der Waals surface area contributed by atoms with Crippen LogP contribution in [0.15, 0.2) is 65.6 Å².